The predicted molar refractivity (Wildman–Crippen MR) is 162 cm³/mol. The maximum Gasteiger partial charge on any atom is 0.251 e. The summed E-state index contributed by atoms with van der Waals surface area (Å²) in [4.78, 5) is 29.2. The van der Waals surface area contributed by atoms with Crippen molar-refractivity contribution in [3.8, 4) is 11.1 Å². The van der Waals surface area contributed by atoms with Crippen molar-refractivity contribution in [1.29, 1.82) is 0 Å². The lowest BCUT2D eigenvalue weighted by molar-refractivity contribution is -0.126. The Hall–Kier alpha value is -3.64. The number of anilines is 1. The Labute approximate surface area is 238 Å². The van der Waals surface area contributed by atoms with Gasteiger partial charge in [0.1, 0.15) is 5.41 Å². The van der Waals surface area contributed by atoms with Gasteiger partial charge in [0.25, 0.3) is 5.91 Å². The van der Waals surface area contributed by atoms with Crippen molar-refractivity contribution >= 4 is 17.5 Å². The number of rotatable bonds is 9. The molecule has 1 aliphatic carbocycles. The zero-order valence-corrected chi connectivity index (χ0v) is 24.0. The van der Waals surface area contributed by atoms with Gasteiger partial charge in [0.2, 0.25) is 5.91 Å². The van der Waals surface area contributed by atoms with Crippen molar-refractivity contribution < 1.29 is 9.59 Å². The van der Waals surface area contributed by atoms with E-state index in [0.29, 0.717) is 17.8 Å². The molecule has 210 valence electrons. The number of hydrogen-bond acceptors (Lipinski definition) is 4. The summed E-state index contributed by atoms with van der Waals surface area (Å²) in [5, 5.41) is 6.49. The van der Waals surface area contributed by atoms with Crippen LogP contribution >= 0.6 is 0 Å². The average Bonchev–Trinajstić information content (AvgIpc) is 3.50. The predicted octanol–water partition coefficient (Wildman–Crippen LogP) is 5.37. The summed E-state index contributed by atoms with van der Waals surface area (Å²) in [6, 6.07) is 24.0. The van der Waals surface area contributed by atoms with Crippen LogP contribution in [0.15, 0.2) is 72.8 Å². The lowest BCUT2D eigenvalue weighted by Gasteiger charge is -2.32. The quantitative estimate of drug-likeness (QED) is 0.252. The number of likely N-dealkylation sites (tertiary alicyclic amines) is 1. The van der Waals surface area contributed by atoms with E-state index in [-0.39, 0.29) is 23.3 Å². The van der Waals surface area contributed by atoms with Gasteiger partial charge < -0.3 is 21.3 Å². The molecule has 5 rings (SSSR count). The van der Waals surface area contributed by atoms with Crippen LogP contribution in [0.2, 0.25) is 0 Å². The number of benzene rings is 3. The highest BCUT2D eigenvalue weighted by Crippen LogP contribution is 2.51. The second kappa shape index (κ2) is 11.5. The Morgan fingerprint density at radius 1 is 0.925 bits per heavy atom. The van der Waals surface area contributed by atoms with Crippen LogP contribution in [-0.4, -0.2) is 48.9 Å². The highest BCUT2D eigenvalue weighted by atomic mass is 16.2. The minimum Gasteiger partial charge on any atom is -0.399 e. The fourth-order valence-electron chi connectivity index (χ4n) is 6.23. The van der Waals surface area contributed by atoms with Gasteiger partial charge in [-0.1, -0.05) is 75.7 Å². The molecule has 2 amide bonds. The number of nitrogens with zero attached hydrogens (tertiary/aromatic N) is 1. The Balaban J connectivity index is 1.24. The highest BCUT2D eigenvalue weighted by molar-refractivity contribution is 6.00. The van der Waals surface area contributed by atoms with Crippen LogP contribution in [-0.2, 0) is 10.2 Å². The fraction of sp³-hybridized carbons (Fsp3) is 0.412. The van der Waals surface area contributed by atoms with Gasteiger partial charge in [-0.05, 0) is 77.7 Å². The third-order valence-electron chi connectivity index (χ3n) is 8.29. The minimum atomic E-state index is -0.682. The summed E-state index contributed by atoms with van der Waals surface area (Å²) in [6.45, 7) is 9.86. The normalized spacial score (nSPS) is 17.7. The molecule has 0 aromatic heterocycles. The molecule has 1 heterocycles. The van der Waals surface area contributed by atoms with Gasteiger partial charge in [0.05, 0.1) is 0 Å². The molecule has 3 aromatic rings. The van der Waals surface area contributed by atoms with Gasteiger partial charge in [0.15, 0.2) is 0 Å². The van der Waals surface area contributed by atoms with Crippen LogP contribution in [0.3, 0.4) is 0 Å². The number of carbonyl (C=O) groups is 2. The number of carbonyl (C=O) groups excluding carboxylic acids is 2. The zero-order chi connectivity index (χ0) is 28.3. The number of amides is 2. The number of unbranched alkanes of at least 4 members (excludes halogenated alkanes) is 1. The molecule has 0 spiro atoms. The molecule has 0 bridgehead atoms. The molecule has 1 atom stereocenters. The Morgan fingerprint density at radius 2 is 1.55 bits per heavy atom. The van der Waals surface area contributed by atoms with E-state index >= 15 is 0 Å². The molecule has 4 N–H and O–H groups in total. The van der Waals surface area contributed by atoms with Gasteiger partial charge in [-0.25, -0.2) is 0 Å². The largest absolute Gasteiger partial charge is 0.399 e. The van der Waals surface area contributed by atoms with E-state index < -0.39 is 5.41 Å². The third-order valence-corrected chi connectivity index (χ3v) is 8.29. The van der Waals surface area contributed by atoms with Crippen LogP contribution in [0.1, 0.15) is 67.9 Å². The molecule has 1 unspecified atom stereocenters. The second-order valence-corrected chi connectivity index (χ2v) is 12.6. The van der Waals surface area contributed by atoms with Crippen molar-refractivity contribution in [2.75, 3.05) is 31.9 Å². The van der Waals surface area contributed by atoms with Crippen LogP contribution < -0.4 is 16.4 Å². The van der Waals surface area contributed by atoms with Crippen LogP contribution in [0.5, 0.6) is 0 Å². The third kappa shape index (κ3) is 5.78. The Bertz CT molecular complexity index is 1310. The summed E-state index contributed by atoms with van der Waals surface area (Å²) in [7, 11) is 0. The number of fused-ring (bicyclic) bond motifs is 3. The molecular weight excluding hydrogens is 496 g/mol. The summed E-state index contributed by atoms with van der Waals surface area (Å²) >= 11 is 0. The SMILES string of the molecule is CC(C)(C)CNC(=O)C1(CCCCN2CCC(NC(=O)c3ccc(N)cc3)C2)c2ccccc2-c2ccccc21. The molecule has 1 fully saturated rings. The summed E-state index contributed by atoms with van der Waals surface area (Å²) in [5.41, 5.74) is 10.9. The number of nitrogen functional groups attached to an aromatic ring is 1. The number of hydrogen-bond donors (Lipinski definition) is 3. The first kappa shape index (κ1) is 27.9. The summed E-state index contributed by atoms with van der Waals surface area (Å²) in [5.74, 6) is 0.0556. The highest BCUT2D eigenvalue weighted by Gasteiger charge is 2.48. The Kier molecular flexibility index (Phi) is 7.99. The van der Waals surface area contributed by atoms with Crippen molar-refractivity contribution in [2.45, 2.75) is 57.9 Å². The first-order valence-corrected chi connectivity index (χ1v) is 14.5. The van der Waals surface area contributed by atoms with Crippen molar-refractivity contribution in [1.82, 2.24) is 15.5 Å². The first-order valence-electron chi connectivity index (χ1n) is 14.5. The van der Waals surface area contributed by atoms with Gasteiger partial charge in [-0.15, -0.1) is 0 Å². The number of nitrogens with one attached hydrogen (secondary N) is 2. The molecule has 0 saturated carbocycles. The Morgan fingerprint density at radius 3 is 2.17 bits per heavy atom. The van der Waals surface area contributed by atoms with E-state index in [0.717, 1.165) is 56.4 Å². The summed E-state index contributed by atoms with van der Waals surface area (Å²) in [6.07, 6.45) is 3.64. The topological polar surface area (TPSA) is 87.5 Å². The smallest absolute Gasteiger partial charge is 0.251 e. The second-order valence-electron chi connectivity index (χ2n) is 12.6. The van der Waals surface area contributed by atoms with E-state index in [2.05, 4.69) is 84.8 Å². The van der Waals surface area contributed by atoms with Crippen molar-refractivity contribution in [3.63, 3.8) is 0 Å². The molecule has 2 aliphatic rings. The van der Waals surface area contributed by atoms with Crippen LogP contribution in [0.25, 0.3) is 11.1 Å². The van der Waals surface area contributed by atoms with E-state index in [1.54, 1.807) is 24.3 Å². The van der Waals surface area contributed by atoms with E-state index in [4.69, 9.17) is 5.73 Å². The number of nitrogens with two attached hydrogens (primary N) is 1. The monoisotopic (exact) mass is 538 g/mol. The maximum atomic E-state index is 14.1. The van der Waals surface area contributed by atoms with Crippen LogP contribution in [0, 0.1) is 5.41 Å². The molecule has 6 heteroatoms. The van der Waals surface area contributed by atoms with E-state index in [9.17, 15) is 9.59 Å². The van der Waals surface area contributed by atoms with Crippen molar-refractivity contribution in [3.05, 3.63) is 89.5 Å². The van der Waals surface area contributed by atoms with E-state index in [1.807, 2.05) is 0 Å². The minimum absolute atomic E-state index is 0.00404. The first-order chi connectivity index (χ1) is 19.2. The lowest BCUT2D eigenvalue weighted by Crippen LogP contribution is -2.46. The molecule has 3 aromatic carbocycles. The molecular formula is C34H42N4O2. The molecule has 0 radical (unpaired) electrons. The summed E-state index contributed by atoms with van der Waals surface area (Å²) < 4.78 is 0. The molecule has 1 saturated heterocycles. The van der Waals surface area contributed by atoms with Gasteiger partial charge in [-0.2, -0.15) is 0 Å². The van der Waals surface area contributed by atoms with Gasteiger partial charge in [0, 0.05) is 36.9 Å². The van der Waals surface area contributed by atoms with E-state index in [1.165, 1.54) is 11.1 Å². The van der Waals surface area contributed by atoms with Gasteiger partial charge >= 0.3 is 0 Å². The molecule has 40 heavy (non-hydrogen) atoms. The molecule has 6 nitrogen and oxygen atoms in total. The fourth-order valence-corrected chi connectivity index (χ4v) is 6.23. The molecule has 1 aliphatic heterocycles. The standard InChI is InChI=1S/C34H42N4O2/c1-33(2,3)23-36-32(40)34(29-12-6-4-10-27(29)28-11-5-7-13-30(28)34)19-8-9-20-38-21-18-26(22-38)37-31(39)24-14-16-25(35)17-15-24/h4-7,10-17,26H,8-9,18-23,35H2,1-3H3,(H,36,40)(H,37,39). The maximum absolute atomic E-state index is 14.1. The average molecular weight is 539 g/mol. The van der Waals surface area contributed by atoms with Crippen LogP contribution in [0.4, 0.5) is 5.69 Å². The van der Waals surface area contributed by atoms with Gasteiger partial charge in [-0.3, -0.25) is 9.59 Å². The van der Waals surface area contributed by atoms with Crippen molar-refractivity contribution in [2.24, 2.45) is 5.41 Å². The zero-order valence-electron chi connectivity index (χ0n) is 24.0. The lowest BCUT2D eigenvalue weighted by atomic mass is 9.73.